The predicted octanol–water partition coefficient (Wildman–Crippen LogP) is 4.19. The minimum atomic E-state index is -0.897. The van der Waals surface area contributed by atoms with Crippen molar-refractivity contribution in [2.75, 3.05) is 0 Å². The van der Waals surface area contributed by atoms with Crippen molar-refractivity contribution in [2.24, 2.45) is 0 Å². The summed E-state index contributed by atoms with van der Waals surface area (Å²) in [7, 11) is 0. The van der Waals surface area contributed by atoms with Gasteiger partial charge < -0.3 is 10.1 Å². The van der Waals surface area contributed by atoms with Gasteiger partial charge in [-0.2, -0.15) is 0 Å². The lowest BCUT2D eigenvalue weighted by molar-refractivity contribution is -0.130. The number of benzene rings is 1. The second-order valence-electron chi connectivity index (χ2n) is 7.10. The van der Waals surface area contributed by atoms with Crippen molar-refractivity contribution in [1.82, 2.24) is 5.32 Å². The topological polar surface area (TPSA) is 55.4 Å². The Balaban J connectivity index is 1.53. The predicted molar refractivity (Wildman–Crippen MR) is 101 cm³/mol. The molecule has 1 atom stereocenters. The van der Waals surface area contributed by atoms with Gasteiger partial charge in [-0.3, -0.25) is 4.79 Å². The lowest BCUT2D eigenvalue weighted by Crippen LogP contribution is -2.33. The largest absolute Gasteiger partial charge is 0.443 e. The maximum atomic E-state index is 12.7. The van der Waals surface area contributed by atoms with Crippen molar-refractivity contribution >= 4 is 23.2 Å². The highest BCUT2D eigenvalue weighted by molar-refractivity contribution is 7.14. The monoisotopic (exact) mass is 369 g/mol. The van der Waals surface area contributed by atoms with Gasteiger partial charge in [-0.05, 0) is 50.2 Å². The molecular weight excluding hydrogens is 346 g/mol. The summed E-state index contributed by atoms with van der Waals surface area (Å²) < 4.78 is 5.68. The number of carbonyl (C=O) groups excluding carboxylic acids is 2. The molecule has 1 amide bonds. The molecule has 1 heterocycles. The summed E-state index contributed by atoms with van der Waals surface area (Å²) in [6.45, 7) is 0. The molecule has 26 heavy (non-hydrogen) atoms. The summed E-state index contributed by atoms with van der Waals surface area (Å²) in [6.07, 6.45) is 6.77. The molecule has 2 aromatic rings. The number of fused-ring (bicyclic) bond motifs is 1. The van der Waals surface area contributed by atoms with E-state index in [1.807, 2.05) is 36.4 Å². The minimum Gasteiger partial charge on any atom is -0.443 e. The van der Waals surface area contributed by atoms with Crippen LogP contribution >= 0.6 is 11.3 Å². The minimum absolute atomic E-state index is 0.227. The van der Waals surface area contributed by atoms with Gasteiger partial charge in [0.2, 0.25) is 6.10 Å². The zero-order valence-corrected chi connectivity index (χ0v) is 15.5. The van der Waals surface area contributed by atoms with Crippen LogP contribution in [0.5, 0.6) is 0 Å². The molecule has 2 aliphatic carbocycles. The first-order valence-corrected chi connectivity index (χ1v) is 10.2. The molecule has 0 saturated heterocycles. The van der Waals surface area contributed by atoms with E-state index in [-0.39, 0.29) is 11.9 Å². The summed E-state index contributed by atoms with van der Waals surface area (Å²) in [4.78, 5) is 27.3. The highest BCUT2D eigenvalue weighted by Crippen LogP contribution is 2.31. The molecule has 4 rings (SSSR count). The van der Waals surface area contributed by atoms with Crippen LogP contribution in [0, 0.1) is 0 Å². The average molecular weight is 369 g/mol. The Kier molecular flexibility index (Phi) is 5.07. The number of amides is 1. The maximum Gasteiger partial charge on any atom is 0.349 e. The Morgan fingerprint density at radius 3 is 2.62 bits per heavy atom. The number of thiophene rings is 1. The van der Waals surface area contributed by atoms with Crippen molar-refractivity contribution < 1.29 is 14.3 Å². The van der Waals surface area contributed by atoms with E-state index in [9.17, 15) is 9.59 Å². The maximum absolute atomic E-state index is 12.7. The fourth-order valence-electron chi connectivity index (χ4n) is 3.34. The van der Waals surface area contributed by atoms with E-state index in [2.05, 4.69) is 5.32 Å². The number of aryl methyl sites for hydroxylation is 2. The zero-order valence-electron chi connectivity index (χ0n) is 14.7. The van der Waals surface area contributed by atoms with Gasteiger partial charge in [-0.25, -0.2) is 4.79 Å². The van der Waals surface area contributed by atoms with Gasteiger partial charge in [0.15, 0.2) is 0 Å². The van der Waals surface area contributed by atoms with Gasteiger partial charge in [-0.15, -0.1) is 11.3 Å². The number of hydrogen-bond acceptors (Lipinski definition) is 4. The van der Waals surface area contributed by atoms with Crippen molar-refractivity contribution in [1.29, 1.82) is 0 Å². The van der Waals surface area contributed by atoms with Crippen LogP contribution < -0.4 is 5.32 Å². The van der Waals surface area contributed by atoms with Gasteiger partial charge in [0.25, 0.3) is 5.91 Å². The molecular formula is C21H23NO3S. The van der Waals surface area contributed by atoms with Gasteiger partial charge in [0, 0.05) is 16.5 Å². The molecule has 0 radical (unpaired) electrons. The molecule has 1 aromatic heterocycles. The van der Waals surface area contributed by atoms with Crippen LogP contribution in [0.3, 0.4) is 0 Å². The first kappa shape index (κ1) is 17.3. The fraction of sp³-hybridized carbons (Fsp3) is 0.429. The van der Waals surface area contributed by atoms with Gasteiger partial charge in [-0.1, -0.05) is 36.8 Å². The first-order chi connectivity index (χ1) is 12.7. The molecule has 4 nitrogen and oxygen atoms in total. The summed E-state index contributed by atoms with van der Waals surface area (Å²) in [5.74, 6) is -0.631. The number of ether oxygens (including phenoxy) is 1. The fourth-order valence-corrected chi connectivity index (χ4v) is 4.48. The summed E-state index contributed by atoms with van der Waals surface area (Å²) in [5.41, 5.74) is 1.98. The molecule has 136 valence electrons. The molecule has 1 aromatic carbocycles. The molecule has 1 fully saturated rings. The zero-order chi connectivity index (χ0) is 17.9. The van der Waals surface area contributed by atoms with Crippen LogP contribution in [-0.2, 0) is 22.4 Å². The summed E-state index contributed by atoms with van der Waals surface area (Å²) >= 11 is 1.53. The molecule has 5 heteroatoms. The van der Waals surface area contributed by atoms with E-state index in [1.165, 1.54) is 41.0 Å². The number of rotatable bonds is 5. The van der Waals surface area contributed by atoms with Gasteiger partial charge in [0.1, 0.15) is 4.88 Å². The summed E-state index contributed by atoms with van der Waals surface area (Å²) in [6, 6.07) is 11.4. The summed E-state index contributed by atoms with van der Waals surface area (Å²) in [5, 5.41) is 2.95. The lowest BCUT2D eigenvalue weighted by Gasteiger charge is -2.17. The van der Waals surface area contributed by atoms with Crippen LogP contribution in [0.4, 0.5) is 0 Å². The molecule has 1 N–H and O–H groups in total. The second kappa shape index (κ2) is 7.62. The van der Waals surface area contributed by atoms with Crippen molar-refractivity contribution in [3.05, 3.63) is 57.3 Å². The van der Waals surface area contributed by atoms with Crippen LogP contribution in [-0.4, -0.2) is 17.9 Å². The quantitative estimate of drug-likeness (QED) is 0.635. The standard InChI is InChI=1S/C21H23NO3S/c23-20(22-16-11-12-16)19(14-7-3-1-4-8-14)25-21(24)18-13-15-9-5-2-6-10-17(15)26-18/h1,3-4,7-8,13,16,19H,2,5-6,9-12H2,(H,22,23)/t19-/m1/s1. The van der Waals surface area contributed by atoms with Crippen LogP contribution in [0.1, 0.15) is 63.9 Å². The van der Waals surface area contributed by atoms with E-state index in [0.717, 1.165) is 25.7 Å². The number of carbonyl (C=O) groups is 2. The lowest BCUT2D eigenvalue weighted by atomic mass is 10.1. The Labute approximate surface area is 157 Å². The van der Waals surface area contributed by atoms with E-state index < -0.39 is 12.1 Å². The highest BCUT2D eigenvalue weighted by atomic mass is 32.1. The molecule has 0 spiro atoms. The third-order valence-electron chi connectivity index (χ3n) is 4.94. The molecule has 1 saturated carbocycles. The number of hydrogen-bond donors (Lipinski definition) is 1. The van der Waals surface area contributed by atoms with Crippen molar-refractivity contribution in [3.8, 4) is 0 Å². The normalized spacial score (nSPS) is 17.7. The molecule has 2 aliphatic rings. The molecule has 0 bridgehead atoms. The van der Waals surface area contributed by atoms with E-state index in [1.54, 1.807) is 0 Å². The Hall–Kier alpha value is -2.14. The Bertz CT molecular complexity index is 771. The smallest absolute Gasteiger partial charge is 0.349 e. The Morgan fingerprint density at radius 2 is 1.85 bits per heavy atom. The van der Waals surface area contributed by atoms with Crippen LogP contribution in [0.2, 0.25) is 0 Å². The van der Waals surface area contributed by atoms with Crippen molar-refractivity contribution in [2.45, 2.75) is 57.1 Å². The SMILES string of the molecule is O=C(O[C@@H](C(=O)NC1CC1)c1ccccc1)c1cc2c(s1)CCCCC2. The van der Waals surface area contributed by atoms with Crippen molar-refractivity contribution in [3.63, 3.8) is 0 Å². The third kappa shape index (κ3) is 3.98. The highest BCUT2D eigenvalue weighted by Gasteiger charge is 2.31. The molecule has 0 aliphatic heterocycles. The van der Waals surface area contributed by atoms with E-state index in [0.29, 0.717) is 10.4 Å². The molecule has 0 unspecified atom stereocenters. The van der Waals surface area contributed by atoms with Crippen LogP contribution in [0.15, 0.2) is 36.4 Å². The van der Waals surface area contributed by atoms with Gasteiger partial charge in [0.05, 0.1) is 0 Å². The third-order valence-corrected chi connectivity index (χ3v) is 6.15. The second-order valence-corrected chi connectivity index (χ2v) is 8.24. The number of esters is 1. The van der Waals surface area contributed by atoms with Gasteiger partial charge >= 0.3 is 5.97 Å². The van der Waals surface area contributed by atoms with Crippen LogP contribution in [0.25, 0.3) is 0 Å². The van der Waals surface area contributed by atoms with E-state index >= 15 is 0 Å². The first-order valence-electron chi connectivity index (χ1n) is 9.38. The Morgan fingerprint density at radius 1 is 1.08 bits per heavy atom. The average Bonchev–Trinajstić information content (AvgIpc) is 3.42. The number of nitrogens with one attached hydrogen (secondary N) is 1. The van der Waals surface area contributed by atoms with E-state index in [4.69, 9.17) is 4.74 Å².